The number of benzene rings is 1. The van der Waals surface area contributed by atoms with E-state index in [1.165, 1.54) is 24.8 Å². The maximum Gasteiger partial charge on any atom is 0.238 e. The van der Waals surface area contributed by atoms with E-state index in [9.17, 15) is 4.79 Å². The molecule has 1 saturated heterocycles. The summed E-state index contributed by atoms with van der Waals surface area (Å²) in [6.45, 7) is 7.75. The van der Waals surface area contributed by atoms with E-state index >= 15 is 0 Å². The minimum absolute atomic E-state index is 0. The molecule has 2 rings (SSSR count). The Morgan fingerprint density at radius 1 is 1.26 bits per heavy atom. The summed E-state index contributed by atoms with van der Waals surface area (Å²) >= 11 is 0. The molecular formula is C18H30ClN3O. The van der Waals surface area contributed by atoms with Crippen LogP contribution in [-0.2, 0) is 4.79 Å². The molecule has 23 heavy (non-hydrogen) atoms. The second-order valence-electron chi connectivity index (χ2n) is 6.48. The van der Waals surface area contributed by atoms with E-state index in [1.807, 2.05) is 27.0 Å². The maximum absolute atomic E-state index is 12.2. The number of aryl methyl sites for hydroxylation is 2. The number of nitrogens with zero attached hydrogens (tertiary/aromatic N) is 1. The smallest absolute Gasteiger partial charge is 0.238 e. The minimum Gasteiger partial charge on any atom is -0.325 e. The summed E-state index contributed by atoms with van der Waals surface area (Å²) in [4.78, 5) is 14.5. The zero-order chi connectivity index (χ0) is 15.9. The number of hydrogen-bond acceptors (Lipinski definition) is 3. The van der Waals surface area contributed by atoms with Crippen LogP contribution in [0.3, 0.4) is 0 Å². The number of rotatable bonds is 6. The molecule has 1 aliphatic heterocycles. The van der Waals surface area contributed by atoms with E-state index < -0.39 is 0 Å². The Kier molecular flexibility index (Phi) is 8.59. The van der Waals surface area contributed by atoms with Crippen molar-refractivity contribution >= 4 is 24.0 Å². The molecule has 1 aromatic rings. The average molecular weight is 340 g/mol. The summed E-state index contributed by atoms with van der Waals surface area (Å²) in [7, 11) is 2.01. The molecule has 0 radical (unpaired) electrons. The van der Waals surface area contributed by atoms with Gasteiger partial charge in [0.25, 0.3) is 0 Å². The Balaban J connectivity index is 0.00000264. The monoisotopic (exact) mass is 339 g/mol. The van der Waals surface area contributed by atoms with Crippen LogP contribution in [0.15, 0.2) is 18.2 Å². The van der Waals surface area contributed by atoms with Crippen molar-refractivity contribution in [3.63, 3.8) is 0 Å². The lowest BCUT2D eigenvalue weighted by atomic mass is 9.93. The van der Waals surface area contributed by atoms with Gasteiger partial charge in [-0.2, -0.15) is 0 Å². The summed E-state index contributed by atoms with van der Waals surface area (Å²) in [5, 5.41) is 6.27. The van der Waals surface area contributed by atoms with Gasteiger partial charge in [-0.05, 0) is 82.9 Å². The predicted molar refractivity (Wildman–Crippen MR) is 99.5 cm³/mol. The highest BCUT2D eigenvalue weighted by atomic mass is 35.5. The van der Waals surface area contributed by atoms with Gasteiger partial charge in [0.15, 0.2) is 0 Å². The number of nitrogens with one attached hydrogen (secondary N) is 2. The molecule has 0 unspecified atom stereocenters. The number of piperidine rings is 1. The van der Waals surface area contributed by atoms with Gasteiger partial charge in [-0.25, -0.2) is 0 Å². The van der Waals surface area contributed by atoms with E-state index in [1.54, 1.807) is 0 Å². The molecule has 0 bridgehead atoms. The second-order valence-corrected chi connectivity index (χ2v) is 6.48. The molecule has 0 atom stereocenters. The van der Waals surface area contributed by atoms with Crippen molar-refractivity contribution in [1.82, 2.24) is 10.2 Å². The van der Waals surface area contributed by atoms with E-state index in [0.717, 1.165) is 36.8 Å². The summed E-state index contributed by atoms with van der Waals surface area (Å²) < 4.78 is 0. The molecule has 1 heterocycles. The quantitative estimate of drug-likeness (QED) is 0.837. The largest absolute Gasteiger partial charge is 0.325 e. The molecular weight excluding hydrogens is 310 g/mol. The van der Waals surface area contributed by atoms with Gasteiger partial charge in [-0.3, -0.25) is 9.69 Å². The van der Waals surface area contributed by atoms with Gasteiger partial charge < -0.3 is 10.6 Å². The fraction of sp³-hybridized carbons (Fsp3) is 0.611. The topological polar surface area (TPSA) is 44.4 Å². The summed E-state index contributed by atoms with van der Waals surface area (Å²) in [6.07, 6.45) is 3.66. The van der Waals surface area contributed by atoms with E-state index in [4.69, 9.17) is 0 Å². The lowest BCUT2D eigenvalue weighted by Crippen LogP contribution is -2.39. The maximum atomic E-state index is 12.2. The van der Waals surface area contributed by atoms with Crippen molar-refractivity contribution in [3.8, 4) is 0 Å². The van der Waals surface area contributed by atoms with Crippen LogP contribution in [0, 0.1) is 19.8 Å². The summed E-state index contributed by atoms with van der Waals surface area (Å²) in [6, 6.07) is 6.16. The molecule has 1 fully saturated rings. The zero-order valence-electron chi connectivity index (χ0n) is 14.5. The average Bonchev–Trinajstić information content (AvgIpc) is 2.50. The number of carbonyl (C=O) groups is 1. The first-order chi connectivity index (χ1) is 10.6. The second kappa shape index (κ2) is 9.91. The molecule has 1 aromatic carbocycles. The highest BCUT2D eigenvalue weighted by Crippen LogP contribution is 2.20. The van der Waals surface area contributed by atoms with Crippen molar-refractivity contribution in [2.75, 3.05) is 38.5 Å². The number of amides is 1. The van der Waals surface area contributed by atoms with Crippen LogP contribution in [-0.4, -0.2) is 44.0 Å². The van der Waals surface area contributed by atoms with E-state index in [-0.39, 0.29) is 18.3 Å². The number of likely N-dealkylation sites (tertiary alicyclic amines) is 1. The van der Waals surface area contributed by atoms with Crippen molar-refractivity contribution in [1.29, 1.82) is 0 Å². The molecule has 1 amide bonds. The van der Waals surface area contributed by atoms with Crippen LogP contribution in [0.4, 0.5) is 5.69 Å². The summed E-state index contributed by atoms with van der Waals surface area (Å²) in [5.41, 5.74) is 3.23. The molecule has 0 aliphatic carbocycles. The highest BCUT2D eigenvalue weighted by Gasteiger charge is 2.20. The van der Waals surface area contributed by atoms with E-state index in [0.29, 0.717) is 6.54 Å². The minimum atomic E-state index is 0. The van der Waals surface area contributed by atoms with Crippen LogP contribution in [0.5, 0.6) is 0 Å². The first-order valence-electron chi connectivity index (χ1n) is 8.32. The van der Waals surface area contributed by atoms with Gasteiger partial charge in [0.1, 0.15) is 0 Å². The third kappa shape index (κ3) is 6.50. The summed E-state index contributed by atoms with van der Waals surface area (Å²) in [5.74, 6) is 0.910. The third-order valence-corrected chi connectivity index (χ3v) is 4.54. The van der Waals surface area contributed by atoms with Gasteiger partial charge in [-0.15, -0.1) is 12.4 Å². The standard InChI is InChI=1S/C18H29N3O.ClH/c1-14-4-5-15(2)17(12-14)20-18(22)13-21-10-7-16(8-11-21)6-9-19-3;/h4-5,12,16,19H,6-11,13H2,1-3H3,(H,20,22);1H. The van der Waals surface area contributed by atoms with Crippen LogP contribution in [0.1, 0.15) is 30.4 Å². The molecule has 1 aliphatic rings. The van der Waals surface area contributed by atoms with Crippen molar-refractivity contribution in [2.45, 2.75) is 33.1 Å². The zero-order valence-corrected chi connectivity index (χ0v) is 15.3. The van der Waals surface area contributed by atoms with Gasteiger partial charge in [0.05, 0.1) is 6.54 Å². The molecule has 0 spiro atoms. The molecule has 4 nitrogen and oxygen atoms in total. The lowest BCUT2D eigenvalue weighted by Gasteiger charge is -2.31. The van der Waals surface area contributed by atoms with Crippen LogP contribution < -0.4 is 10.6 Å². The molecule has 0 aromatic heterocycles. The molecule has 130 valence electrons. The Hall–Kier alpha value is -1.10. The highest BCUT2D eigenvalue weighted by molar-refractivity contribution is 5.93. The van der Waals surface area contributed by atoms with Gasteiger partial charge in [-0.1, -0.05) is 12.1 Å². The molecule has 0 saturated carbocycles. The Morgan fingerprint density at radius 2 is 1.96 bits per heavy atom. The number of anilines is 1. The van der Waals surface area contributed by atoms with Gasteiger partial charge in [0, 0.05) is 5.69 Å². The van der Waals surface area contributed by atoms with Crippen LogP contribution >= 0.6 is 12.4 Å². The van der Waals surface area contributed by atoms with Gasteiger partial charge >= 0.3 is 0 Å². The first kappa shape index (κ1) is 19.9. The Morgan fingerprint density at radius 3 is 2.61 bits per heavy atom. The fourth-order valence-electron chi connectivity index (χ4n) is 3.05. The SMILES string of the molecule is CNCCC1CCN(CC(=O)Nc2cc(C)ccc2C)CC1.Cl. The molecule has 5 heteroatoms. The predicted octanol–water partition coefficient (Wildman–Crippen LogP) is 2.99. The first-order valence-corrected chi connectivity index (χ1v) is 8.32. The van der Waals surface area contributed by atoms with Gasteiger partial charge in [0.2, 0.25) is 5.91 Å². The van der Waals surface area contributed by atoms with Crippen molar-refractivity contribution in [2.24, 2.45) is 5.92 Å². The Bertz CT molecular complexity index is 499. The number of halogens is 1. The van der Waals surface area contributed by atoms with Crippen LogP contribution in [0.2, 0.25) is 0 Å². The Labute approximate surface area is 146 Å². The third-order valence-electron chi connectivity index (χ3n) is 4.54. The van der Waals surface area contributed by atoms with Crippen molar-refractivity contribution in [3.05, 3.63) is 29.3 Å². The lowest BCUT2D eigenvalue weighted by molar-refractivity contribution is -0.117. The van der Waals surface area contributed by atoms with E-state index in [2.05, 4.69) is 27.7 Å². The number of carbonyl (C=O) groups excluding carboxylic acids is 1. The normalized spacial score (nSPS) is 16.0. The number of hydrogen-bond donors (Lipinski definition) is 2. The van der Waals surface area contributed by atoms with Crippen LogP contribution in [0.25, 0.3) is 0 Å². The molecule has 2 N–H and O–H groups in total. The fourth-order valence-corrected chi connectivity index (χ4v) is 3.05. The van der Waals surface area contributed by atoms with Crippen molar-refractivity contribution < 1.29 is 4.79 Å².